The third-order valence-electron chi connectivity index (χ3n) is 2.70. The first-order valence-corrected chi connectivity index (χ1v) is 6.85. The van der Waals surface area contributed by atoms with Crippen LogP contribution in [0.3, 0.4) is 0 Å². The summed E-state index contributed by atoms with van der Waals surface area (Å²) >= 11 is 3.41. The van der Waals surface area contributed by atoms with Crippen LogP contribution in [0.1, 0.15) is 18.5 Å². The number of rotatable bonds is 7. The maximum atomic E-state index is 11.4. The molecule has 0 heterocycles. The number of halogens is 1. The second-order valence-corrected chi connectivity index (χ2v) is 5.09. The Bertz CT molecular complexity index is 494. The van der Waals surface area contributed by atoms with Crippen molar-refractivity contribution in [2.75, 3.05) is 20.2 Å². The van der Waals surface area contributed by atoms with Crippen LogP contribution in [0.2, 0.25) is 0 Å². The van der Waals surface area contributed by atoms with Crippen molar-refractivity contribution in [1.82, 2.24) is 10.6 Å². The molecule has 0 aliphatic heterocycles. The van der Waals surface area contributed by atoms with Crippen molar-refractivity contribution in [2.45, 2.75) is 13.0 Å². The number of nitrogens with one attached hydrogen (secondary N) is 2. The molecule has 0 saturated heterocycles. The Morgan fingerprint density at radius 1 is 1.40 bits per heavy atom. The van der Waals surface area contributed by atoms with E-state index >= 15 is 0 Å². The van der Waals surface area contributed by atoms with Crippen LogP contribution >= 0.6 is 15.9 Å². The van der Waals surface area contributed by atoms with E-state index < -0.39 is 5.91 Å². The van der Waals surface area contributed by atoms with E-state index in [4.69, 9.17) is 10.5 Å². The summed E-state index contributed by atoms with van der Waals surface area (Å²) in [5.74, 6) is -0.0890. The molecule has 20 heavy (non-hydrogen) atoms. The summed E-state index contributed by atoms with van der Waals surface area (Å²) in [5.41, 5.74) is 5.95. The minimum atomic E-state index is -0.564. The number of amides is 2. The molecule has 6 nitrogen and oxygen atoms in total. The van der Waals surface area contributed by atoms with Crippen LogP contribution in [0, 0.1) is 0 Å². The van der Waals surface area contributed by atoms with E-state index in [-0.39, 0.29) is 25.0 Å². The lowest BCUT2D eigenvalue weighted by molar-refractivity contribution is -0.124. The summed E-state index contributed by atoms with van der Waals surface area (Å²) in [6, 6.07) is 5.68. The van der Waals surface area contributed by atoms with E-state index in [0.29, 0.717) is 0 Å². The van der Waals surface area contributed by atoms with Gasteiger partial charge >= 0.3 is 0 Å². The largest absolute Gasteiger partial charge is 0.496 e. The number of carbonyl (C=O) groups is 2. The molecule has 0 fully saturated rings. The molecule has 1 atom stereocenters. The number of ether oxygens (including phenoxy) is 1. The van der Waals surface area contributed by atoms with E-state index in [2.05, 4.69) is 26.6 Å². The molecule has 1 aromatic rings. The van der Waals surface area contributed by atoms with Gasteiger partial charge in [0, 0.05) is 6.04 Å². The lowest BCUT2D eigenvalue weighted by Crippen LogP contribution is -2.39. The highest BCUT2D eigenvalue weighted by molar-refractivity contribution is 9.10. The van der Waals surface area contributed by atoms with Gasteiger partial charge in [-0.1, -0.05) is 6.07 Å². The molecule has 4 N–H and O–H groups in total. The predicted molar refractivity (Wildman–Crippen MR) is 79.3 cm³/mol. The summed E-state index contributed by atoms with van der Waals surface area (Å²) in [7, 11) is 1.60. The fourth-order valence-electron chi connectivity index (χ4n) is 1.56. The highest BCUT2D eigenvalue weighted by Crippen LogP contribution is 2.27. The van der Waals surface area contributed by atoms with Crippen molar-refractivity contribution in [3.05, 3.63) is 28.2 Å². The molecular formula is C13H18BrN3O3. The Balaban J connectivity index is 2.50. The zero-order valence-electron chi connectivity index (χ0n) is 11.4. The molecular weight excluding hydrogens is 326 g/mol. The summed E-state index contributed by atoms with van der Waals surface area (Å²) < 4.78 is 6.01. The molecule has 0 bridgehead atoms. The van der Waals surface area contributed by atoms with Crippen molar-refractivity contribution in [3.8, 4) is 5.75 Å². The monoisotopic (exact) mass is 343 g/mol. The fourth-order valence-corrected chi connectivity index (χ4v) is 2.12. The topological polar surface area (TPSA) is 93.4 Å². The van der Waals surface area contributed by atoms with Crippen molar-refractivity contribution in [2.24, 2.45) is 5.73 Å². The maximum Gasteiger partial charge on any atom is 0.236 e. The van der Waals surface area contributed by atoms with Crippen LogP contribution in [0.25, 0.3) is 0 Å². The van der Waals surface area contributed by atoms with Crippen LogP contribution in [-0.2, 0) is 9.59 Å². The number of methoxy groups -OCH3 is 1. The maximum absolute atomic E-state index is 11.4. The highest BCUT2D eigenvalue weighted by Gasteiger charge is 2.10. The van der Waals surface area contributed by atoms with Gasteiger partial charge in [-0.3, -0.25) is 9.59 Å². The predicted octanol–water partition coefficient (Wildman–Crippen LogP) is 0.710. The Labute approximate surface area is 126 Å². The average Bonchev–Trinajstić information content (AvgIpc) is 2.42. The molecule has 0 aromatic heterocycles. The SMILES string of the molecule is COc1ccc([C@@H](C)NCC(=O)NCC(N)=O)cc1Br. The molecule has 0 saturated carbocycles. The van der Waals surface area contributed by atoms with Gasteiger partial charge in [0.1, 0.15) is 5.75 Å². The molecule has 0 spiro atoms. The van der Waals surface area contributed by atoms with Gasteiger partial charge in [0.2, 0.25) is 11.8 Å². The van der Waals surface area contributed by atoms with E-state index in [9.17, 15) is 9.59 Å². The van der Waals surface area contributed by atoms with Crippen molar-refractivity contribution < 1.29 is 14.3 Å². The Hall–Kier alpha value is -1.60. The van der Waals surface area contributed by atoms with Crippen LogP contribution in [-0.4, -0.2) is 32.0 Å². The zero-order valence-corrected chi connectivity index (χ0v) is 13.0. The van der Waals surface area contributed by atoms with Gasteiger partial charge in [-0.25, -0.2) is 0 Å². The molecule has 2 amide bonds. The van der Waals surface area contributed by atoms with E-state index in [0.717, 1.165) is 15.8 Å². The van der Waals surface area contributed by atoms with E-state index in [1.807, 2.05) is 25.1 Å². The van der Waals surface area contributed by atoms with Gasteiger partial charge in [0.05, 0.1) is 24.7 Å². The van der Waals surface area contributed by atoms with Gasteiger partial charge < -0.3 is 21.1 Å². The minimum absolute atomic E-state index is 0.0171. The first-order valence-electron chi connectivity index (χ1n) is 6.06. The minimum Gasteiger partial charge on any atom is -0.496 e. The van der Waals surface area contributed by atoms with Gasteiger partial charge in [-0.2, -0.15) is 0 Å². The quantitative estimate of drug-likeness (QED) is 0.679. The summed E-state index contributed by atoms with van der Waals surface area (Å²) in [5, 5.41) is 5.47. The molecule has 110 valence electrons. The first-order chi connectivity index (χ1) is 9.43. The lowest BCUT2D eigenvalue weighted by Gasteiger charge is -2.15. The summed E-state index contributed by atoms with van der Waals surface area (Å²) in [6.45, 7) is 1.90. The van der Waals surface area contributed by atoms with Crippen LogP contribution in [0.15, 0.2) is 22.7 Å². The number of hydrogen-bond donors (Lipinski definition) is 3. The number of carbonyl (C=O) groups excluding carboxylic acids is 2. The van der Waals surface area contributed by atoms with Crippen molar-refractivity contribution >= 4 is 27.7 Å². The number of nitrogens with two attached hydrogens (primary N) is 1. The summed E-state index contributed by atoms with van der Waals surface area (Å²) in [4.78, 5) is 22.0. The fraction of sp³-hybridized carbons (Fsp3) is 0.385. The molecule has 1 rings (SSSR count). The van der Waals surface area contributed by atoms with Gasteiger partial charge in [0.25, 0.3) is 0 Å². The average molecular weight is 344 g/mol. The number of benzene rings is 1. The van der Waals surface area contributed by atoms with Crippen LogP contribution in [0.4, 0.5) is 0 Å². The van der Waals surface area contributed by atoms with Crippen LogP contribution < -0.4 is 21.1 Å². The molecule has 1 aromatic carbocycles. The summed E-state index contributed by atoms with van der Waals surface area (Å²) in [6.07, 6.45) is 0. The third-order valence-corrected chi connectivity index (χ3v) is 3.32. The Morgan fingerprint density at radius 3 is 2.65 bits per heavy atom. The number of hydrogen-bond acceptors (Lipinski definition) is 4. The van der Waals surface area contributed by atoms with Crippen LogP contribution in [0.5, 0.6) is 5.75 Å². The Kier molecular flexibility index (Phi) is 6.47. The zero-order chi connectivity index (χ0) is 15.1. The van der Waals surface area contributed by atoms with Gasteiger partial charge in [-0.05, 0) is 40.5 Å². The first kappa shape index (κ1) is 16.5. The smallest absolute Gasteiger partial charge is 0.236 e. The second-order valence-electron chi connectivity index (χ2n) is 4.24. The normalized spacial score (nSPS) is 11.8. The van der Waals surface area contributed by atoms with Crippen molar-refractivity contribution in [1.29, 1.82) is 0 Å². The Morgan fingerprint density at radius 2 is 2.10 bits per heavy atom. The molecule has 7 heteroatoms. The molecule has 0 aliphatic carbocycles. The number of primary amides is 1. The van der Waals surface area contributed by atoms with Gasteiger partial charge in [0.15, 0.2) is 0 Å². The molecule has 0 aliphatic rings. The second kappa shape index (κ2) is 7.86. The molecule has 0 radical (unpaired) electrons. The third kappa shape index (κ3) is 5.18. The molecule has 0 unspecified atom stereocenters. The van der Waals surface area contributed by atoms with E-state index in [1.165, 1.54) is 0 Å². The standard InChI is InChI=1S/C13H18BrN3O3/c1-8(16-7-13(19)17-6-12(15)18)9-3-4-11(20-2)10(14)5-9/h3-5,8,16H,6-7H2,1-2H3,(H2,15,18)(H,17,19)/t8-/m1/s1. The van der Waals surface area contributed by atoms with Gasteiger partial charge in [-0.15, -0.1) is 0 Å². The van der Waals surface area contributed by atoms with Crippen molar-refractivity contribution in [3.63, 3.8) is 0 Å². The highest BCUT2D eigenvalue weighted by atomic mass is 79.9. The van der Waals surface area contributed by atoms with E-state index in [1.54, 1.807) is 7.11 Å². The lowest BCUT2D eigenvalue weighted by atomic mass is 10.1.